The minimum atomic E-state index is -0.605. The predicted molar refractivity (Wildman–Crippen MR) is 111 cm³/mol. The van der Waals surface area contributed by atoms with Crippen LogP contribution in [0.15, 0.2) is 59.8 Å². The summed E-state index contributed by atoms with van der Waals surface area (Å²) in [6.07, 6.45) is -0.605. The number of ether oxygens (including phenoxy) is 2. The van der Waals surface area contributed by atoms with Crippen LogP contribution in [0.25, 0.3) is 11.4 Å². The van der Waals surface area contributed by atoms with Crippen LogP contribution in [0.5, 0.6) is 11.5 Å². The lowest BCUT2D eigenvalue weighted by Crippen LogP contribution is -2.20. The fourth-order valence-electron chi connectivity index (χ4n) is 2.71. The van der Waals surface area contributed by atoms with Crippen molar-refractivity contribution in [1.29, 1.82) is 0 Å². The molecule has 0 aliphatic carbocycles. The average molecular weight is 400 g/mol. The first-order chi connectivity index (χ1) is 13.6. The first-order valence-electron chi connectivity index (χ1n) is 9.16. The second kappa shape index (κ2) is 9.61. The molecule has 0 spiro atoms. The third kappa shape index (κ3) is 5.05. The van der Waals surface area contributed by atoms with Crippen LogP contribution >= 0.6 is 11.8 Å². The number of hydrogen-bond donors (Lipinski definition) is 1. The molecule has 0 amide bonds. The van der Waals surface area contributed by atoms with Crippen molar-refractivity contribution >= 4 is 11.8 Å². The summed E-state index contributed by atoms with van der Waals surface area (Å²) in [6, 6.07) is 17.4. The van der Waals surface area contributed by atoms with Crippen LogP contribution in [0.3, 0.4) is 0 Å². The Labute approximate surface area is 169 Å². The van der Waals surface area contributed by atoms with Gasteiger partial charge >= 0.3 is 0 Å². The van der Waals surface area contributed by atoms with E-state index in [4.69, 9.17) is 9.47 Å². The van der Waals surface area contributed by atoms with Crippen LogP contribution < -0.4 is 9.47 Å². The number of thioether (sulfide) groups is 1. The molecule has 0 saturated heterocycles. The van der Waals surface area contributed by atoms with Gasteiger partial charge in [-0.05, 0) is 50.2 Å². The highest BCUT2D eigenvalue weighted by Gasteiger charge is 2.18. The maximum atomic E-state index is 10.3. The summed E-state index contributed by atoms with van der Waals surface area (Å²) >= 11 is 1.48. The standard InChI is InChI=1S/C21H25N3O3S/c1-15(2)24-20(16-9-11-18(26-3)12-10-16)22-23-21(24)28-14-17(25)13-27-19-7-5-4-6-8-19/h4-12,15,17,25H,13-14H2,1-3H3/t17-/m0/s1. The highest BCUT2D eigenvalue weighted by atomic mass is 32.2. The van der Waals surface area contributed by atoms with Crippen molar-refractivity contribution < 1.29 is 14.6 Å². The van der Waals surface area contributed by atoms with E-state index in [1.807, 2.05) is 54.6 Å². The Morgan fingerprint density at radius 3 is 2.36 bits per heavy atom. The lowest BCUT2D eigenvalue weighted by molar-refractivity contribution is 0.126. The maximum Gasteiger partial charge on any atom is 0.191 e. The van der Waals surface area contributed by atoms with Crippen LogP contribution in [0.2, 0.25) is 0 Å². The van der Waals surface area contributed by atoms with E-state index < -0.39 is 6.10 Å². The number of aromatic nitrogens is 3. The molecule has 3 aromatic rings. The Hall–Kier alpha value is -2.51. The monoisotopic (exact) mass is 399 g/mol. The fourth-order valence-corrected chi connectivity index (χ4v) is 3.68. The van der Waals surface area contributed by atoms with Gasteiger partial charge < -0.3 is 14.6 Å². The Bertz CT molecular complexity index is 866. The molecule has 0 unspecified atom stereocenters. The van der Waals surface area contributed by atoms with Crippen LogP contribution in [0.4, 0.5) is 0 Å². The van der Waals surface area contributed by atoms with Gasteiger partial charge in [-0.1, -0.05) is 30.0 Å². The van der Waals surface area contributed by atoms with E-state index in [1.54, 1.807) is 7.11 Å². The minimum Gasteiger partial charge on any atom is -0.497 e. The number of rotatable bonds is 9. The number of aliphatic hydroxyl groups excluding tert-OH is 1. The molecule has 1 aromatic heterocycles. The summed E-state index contributed by atoms with van der Waals surface area (Å²) in [4.78, 5) is 0. The molecule has 1 atom stereocenters. The smallest absolute Gasteiger partial charge is 0.191 e. The second-order valence-electron chi connectivity index (χ2n) is 6.59. The van der Waals surface area contributed by atoms with Crippen molar-refractivity contribution in [2.45, 2.75) is 31.1 Å². The Morgan fingerprint density at radius 2 is 1.71 bits per heavy atom. The van der Waals surface area contributed by atoms with Crippen LogP contribution in [-0.4, -0.2) is 45.4 Å². The zero-order valence-corrected chi connectivity index (χ0v) is 17.1. The first-order valence-corrected chi connectivity index (χ1v) is 10.1. The van der Waals surface area contributed by atoms with E-state index in [9.17, 15) is 5.11 Å². The molecule has 0 saturated carbocycles. The summed E-state index contributed by atoms with van der Waals surface area (Å²) in [6.45, 7) is 4.42. The molecule has 28 heavy (non-hydrogen) atoms. The predicted octanol–water partition coefficient (Wildman–Crippen LogP) is 4.07. The molecule has 1 N–H and O–H groups in total. The molecule has 0 radical (unpaired) electrons. The van der Waals surface area contributed by atoms with Crippen LogP contribution in [0, 0.1) is 0 Å². The van der Waals surface area contributed by atoms with Gasteiger partial charge in [0.1, 0.15) is 18.1 Å². The third-order valence-electron chi connectivity index (χ3n) is 4.12. The molecule has 2 aromatic carbocycles. The lowest BCUT2D eigenvalue weighted by Gasteiger charge is -2.15. The SMILES string of the molecule is COc1ccc(-c2nnc(SC[C@@H](O)COc3ccccc3)n2C(C)C)cc1. The molecule has 0 fully saturated rings. The average Bonchev–Trinajstić information content (AvgIpc) is 3.16. The van der Waals surface area contributed by atoms with Gasteiger partial charge in [-0.25, -0.2) is 0 Å². The minimum absolute atomic E-state index is 0.187. The topological polar surface area (TPSA) is 69.4 Å². The molecule has 3 rings (SSSR count). The zero-order valence-electron chi connectivity index (χ0n) is 16.3. The number of nitrogens with zero attached hydrogens (tertiary/aromatic N) is 3. The summed E-state index contributed by atoms with van der Waals surface area (Å²) in [5.74, 6) is 2.82. The van der Waals surface area contributed by atoms with E-state index in [0.29, 0.717) is 5.75 Å². The van der Waals surface area contributed by atoms with Crippen molar-refractivity contribution in [3.8, 4) is 22.9 Å². The van der Waals surface area contributed by atoms with E-state index in [2.05, 4.69) is 28.6 Å². The summed E-state index contributed by atoms with van der Waals surface area (Å²) < 4.78 is 12.9. The van der Waals surface area contributed by atoms with Crippen LogP contribution in [-0.2, 0) is 0 Å². The van der Waals surface area contributed by atoms with Gasteiger partial charge in [0.25, 0.3) is 0 Å². The molecule has 0 aliphatic rings. The van der Waals surface area contributed by atoms with Crippen molar-refractivity contribution in [1.82, 2.24) is 14.8 Å². The van der Waals surface area contributed by atoms with Gasteiger partial charge in [-0.15, -0.1) is 10.2 Å². The third-order valence-corrected chi connectivity index (χ3v) is 5.21. The van der Waals surface area contributed by atoms with Gasteiger partial charge in [0.15, 0.2) is 11.0 Å². The lowest BCUT2D eigenvalue weighted by atomic mass is 10.2. The van der Waals surface area contributed by atoms with E-state index in [-0.39, 0.29) is 12.6 Å². The van der Waals surface area contributed by atoms with E-state index in [0.717, 1.165) is 28.0 Å². The number of benzene rings is 2. The Kier molecular flexibility index (Phi) is 6.95. The quantitative estimate of drug-likeness (QED) is 0.547. The summed E-state index contributed by atoms with van der Waals surface area (Å²) in [5, 5.41) is 19.8. The van der Waals surface area contributed by atoms with Crippen molar-refractivity contribution in [3.05, 3.63) is 54.6 Å². The van der Waals surface area contributed by atoms with E-state index >= 15 is 0 Å². The largest absolute Gasteiger partial charge is 0.497 e. The van der Waals surface area contributed by atoms with Gasteiger partial charge in [-0.2, -0.15) is 0 Å². The summed E-state index contributed by atoms with van der Waals surface area (Å²) in [5.41, 5.74) is 0.974. The summed E-state index contributed by atoms with van der Waals surface area (Å²) in [7, 11) is 1.65. The van der Waals surface area contributed by atoms with Crippen molar-refractivity contribution in [2.75, 3.05) is 19.5 Å². The normalized spacial score (nSPS) is 12.2. The molecular formula is C21H25N3O3S. The molecule has 0 bridgehead atoms. The van der Waals surface area contributed by atoms with E-state index in [1.165, 1.54) is 11.8 Å². The Balaban J connectivity index is 1.65. The first kappa shape index (κ1) is 20.2. The van der Waals surface area contributed by atoms with Crippen molar-refractivity contribution in [2.24, 2.45) is 0 Å². The fraction of sp³-hybridized carbons (Fsp3) is 0.333. The highest BCUT2D eigenvalue weighted by molar-refractivity contribution is 7.99. The molecule has 0 aliphatic heterocycles. The zero-order chi connectivity index (χ0) is 19.9. The number of methoxy groups -OCH3 is 1. The maximum absolute atomic E-state index is 10.3. The molecule has 6 nitrogen and oxygen atoms in total. The number of aliphatic hydroxyl groups is 1. The second-order valence-corrected chi connectivity index (χ2v) is 7.57. The van der Waals surface area contributed by atoms with Gasteiger partial charge in [0.2, 0.25) is 0 Å². The number of para-hydroxylation sites is 1. The highest BCUT2D eigenvalue weighted by Crippen LogP contribution is 2.29. The molecule has 7 heteroatoms. The Morgan fingerprint density at radius 1 is 1.00 bits per heavy atom. The van der Waals surface area contributed by atoms with Gasteiger partial charge in [0.05, 0.1) is 13.2 Å². The van der Waals surface area contributed by atoms with Crippen molar-refractivity contribution in [3.63, 3.8) is 0 Å². The molecule has 1 heterocycles. The van der Waals surface area contributed by atoms with Gasteiger partial charge in [-0.3, -0.25) is 4.57 Å². The number of hydrogen-bond acceptors (Lipinski definition) is 6. The van der Waals surface area contributed by atoms with Crippen LogP contribution in [0.1, 0.15) is 19.9 Å². The van der Waals surface area contributed by atoms with Gasteiger partial charge in [0, 0.05) is 17.4 Å². The molecule has 148 valence electrons. The molecular weight excluding hydrogens is 374 g/mol.